The molecule has 0 saturated heterocycles. The summed E-state index contributed by atoms with van der Waals surface area (Å²) >= 11 is 0. The zero-order chi connectivity index (χ0) is 14.9. The largest absolute Gasteiger partial charge is 0.293 e. The fourth-order valence-corrected chi connectivity index (χ4v) is 3.16. The Bertz CT molecular complexity index is 659. The molecule has 1 fully saturated rings. The van der Waals surface area contributed by atoms with Gasteiger partial charge in [-0.3, -0.25) is 4.90 Å². The molecule has 1 aromatic heterocycles. The summed E-state index contributed by atoms with van der Waals surface area (Å²) in [6.07, 6.45) is 6.94. The Labute approximate surface area is 132 Å². The highest BCUT2D eigenvalue weighted by atomic mass is 15.1. The number of hydrogen-bond acceptors (Lipinski definition) is 3. The molecule has 0 N–H and O–H groups in total. The number of rotatable bonds is 4. The molecule has 1 aliphatic carbocycles. The molecule has 0 radical (unpaired) electrons. The lowest BCUT2D eigenvalue weighted by atomic mass is 10.1. The van der Waals surface area contributed by atoms with E-state index in [1.165, 1.54) is 35.2 Å². The number of fused-ring (bicyclic) bond motifs is 1. The molecule has 114 valence electrons. The van der Waals surface area contributed by atoms with Gasteiger partial charge < -0.3 is 0 Å². The standard InChI is InChI=1S/C19H23N3/c1-14-2-4-16(5-3-14)12-22-9-8-17-11-20-19(10-15-6-7-15)21-18(17)13-22/h2-5,11,15H,6-10,12-13H2,1H3. The Kier molecular flexibility index (Phi) is 3.67. The molecule has 1 saturated carbocycles. The Morgan fingerprint density at radius 1 is 1.18 bits per heavy atom. The zero-order valence-electron chi connectivity index (χ0n) is 13.3. The van der Waals surface area contributed by atoms with Crippen LogP contribution in [0.5, 0.6) is 0 Å². The van der Waals surface area contributed by atoms with E-state index in [-0.39, 0.29) is 0 Å². The van der Waals surface area contributed by atoms with E-state index in [9.17, 15) is 0 Å². The van der Waals surface area contributed by atoms with E-state index in [1.807, 2.05) is 0 Å². The Morgan fingerprint density at radius 3 is 2.77 bits per heavy atom. The third kappa shape index (κ3) is 3.20. The number of aromatic nitrogens is 2. The van der Waals surface area contributed by atoms with Crippen LogP contribution in [0.15, 0.2) is 30.5 Å². The number of nitrogens with zero attached hydrogens (tertiary/aromatic N) is 3. The normalized spacial score (nSPS) is 18.2. The van der Waals surface area contributed by atoms with E-state index < -0.39 is 0 Å². The van der Waals surface area contributed by atoms with E-state index in [0.717, 1.165) is 44.2 Å². The van der Waals surface area contributed by atoms with E-state index >= 15 is 0 Å². The minimum atomic E-state index is 0.852. The minimum Gasteiger partial charge on any atom is -0.293 e. The van der Waals surface area contributed by atoms with Gasteiger partial charge in [0, 0.05) is 32.3 Å². The lowest BCUT2D eigenvalue weighted by molar-refractivity contribution is 0.240. The van der Waals surface area contributed by atoms with Crippen molar-refractivity contribution >= 4 is 0 Å². The quantitative estimate of drug-likeness (QED) is 0.866. The lowest BCUT2D eigenvalue weighted by Gasteiger charge is -2.28. The van der Waals surface area contributed by atoms with Gasteiger partial charge in [-0.15, -0.1) is 0 Å². The minimum absolute atomic E-state index is 0.852. The van der Waals surface area contributed by atoms with E-state index in [2.05, 4.69) is 47.3 Å². The third-order valence-corrected chi connectivity index (χ3v) is 4.77. The van der Waals surface area contributed by atoms with Crippen LogP contribution in [0.3, 0.4) is 0 Å². The monoisotopic (exact) mass is 293 g/mol. The molecule has 2 aliphatic rings. The predicted octanol–water partition coefficient (Wildman–Crippen LogP) is 3.30. The highest BCUT2D eigenvalue weighted by Gasteiger charge is 2.24. The van der Waals surface area contributed by atoms with Crippen molar-refractivity contribution in [2.45, 2.75) is 45.7 Å². The number of benzene rings is 1. The maximum absolute atomic E-state index is 4.85. The van der Waals surface area contributed by atoms with Crippen LogP contribution in [0, 0.1) is 12.8 Å². The molecule has 0 atom stereocenters. The number of hydrogen-bond donors (Lipinski definition) is 0. The van der Waals surface area contributed by atoms with Crippen molar-refractivity contribution in [1.82, 2.24) is 14.9 Å². The Hall–Kier alpha value is -1.74. The van der Waals surface area contributed by atoms with Crippen LogP contribution in [-0.2, 0) is 25.9 Å². The van der Waals surface area contributed by atoms with Gasteiger partial charge in [-0.05, 0) is 43.2 Å². The van der Waals surface area contributed by atoms with Gasteiger partial charge >= 0.3 is 0 Å². The molecular weight excluding hydrogens is 270 g/mol. The molecule has 2 aromatic rings. The molecule has 2 heterocycles. The van der Waals surface area contributed by atoms with Crippen molar-refractivity contribution in [3.63, 3.8) is 0 Å². The molecular formula is C19H23N3. The summed E-state index contributed by atoms with van der Waals surface area (Å²) in [4.78, 5) is 11.9. The van der Waals surface area contributed by atoms with Crippen LogP contribution < -0.4 is 0 Å². The highest BCUT2D eigenvalue weighted by molar-refractivity contribution is 5.23. The summed E-state index contributed by atoms with van der Waals surface area (Å²) in [7, 11) is 0. The van der Waals surface area contributed by atoms with Crippen LogP contribution in [-0.4, -0.2) is 21.4 Å². The fraction of sp³-hybridized carbons (Fsp3) is 0.474. The predicted molar refractivity (Wildman–Crippen MR) is 87.5 cm³/mol. The molecule has 1 aromatic carbocycles. The third-order valence-electron chi connectivity index (χ3n) is 4.77. The summed E-state index contributed by atoms with van der Waals surface area (Å²) in [6, 6.07) is 8.87. The van der Waals surface area contributed by atoms with E-state index in [0.29, 0.717) is 0 Å². The first-order chi connectivity index (χ1) is 10.8. The van der Waals surface area contributed by atoms with Crippen LogP contribution in [0.2, 0.25) is 0 Å². The smallest absolute Gasteiger partial charge is 0.128 e. The van der Waals surface area contributed by atoms with Crippen molar-refractivity contribution in [3.8, 4) is 0 Å². The van der Waals surface area contributed by atoms with Gasteiger partial charge in [0.1, 0.15) is 5.82 Å². The molecule has 4 rings (SSSR count). The molecule has 0 spiro atoms. The SMILES string of the molecule is Cc1ccc(CN2CCc3cnc(CC4CC4)nc3C2)cc1. The highest BCUT2D eigenvalue weighted by Crippen LogP contribution is 2.32. The van der Waals surface area contributed by atoms with Crippen LogP contribution in [0.4, 0.5) is 0 Å². The maximum atomic E-state index is 4.85. The molecule has 3 heteroatoms. The van der Waals surface area contributed by atoms with Crippen LogP contribution in [0.25, 0.3) is 0 Å². The van der Waals surface area contributed by atoms with Crippen molar-refractivity contribution in [2.24, 2.45) is 5.92 Å². The van der Waals surface area contributed by atoms with Gasteiger partial charge in [0.2, 0.25) is 0 Å². The Balaban J connectivity index is 1.46. The van der Waals surface area contributed by atoms with Crippen LogP contribution in [0.1, 0.15) is 41.1 Å². The van der Waals surface area contributed by atoms with Gasteiger partial charge in [-0.1, -0.05) is 29.8 Å². The second-order valence-corrected chi connectivity index (χ2v) is 6.85. The topological polar surface area (TPSA) is 29.0 Å². The molecule has 1 aliphatic heterocycles. The molecule has 3 nitrogen and oxygen atoms in total. The van der Waals surface area contributed by atoms with Gasteiger partial charge in [0.25, 0.3) is 0 Å². The summed E-state index contributed by atoms with van der Waals surface area (Å²) < 4.78 is 0. The van der Waals surface area contributed by atoms with Crippen molar-refractivity contribution in [1.29, 1.82) is 0 Å². The summed E-state index contributed by atoms with van der Waals surface area (Å²) in [6.45, 7) is 5.22. The average Bonchev–Trinajstić information content (AvgIpc) is 3.33. The van der Waals surface area contributed by atoms with E-state index in [1.54, 1.807) is 0 Å². The summed E-state index contributed by atoms with van der Waals surface area (Å²) in [5, 5.41) is 0. The first-order valence-electron chi connectivity index (χ1n) is 8.38. The molecule has 22 heavy (non-hydrogen) atoms. The first kappa shape index (κ1) is 13.9. The summed E-state index contributed by atoms with van der Waals surface area (Å²) in [5.41, 5.74) is 5.32. The fourth-order valence-electron chi connectivity index (χ4n) is 3.16. The van der Waals surface area contributed by atoms with Gasteiger partial charge in [0.05, 0.1) is 5.69 Å². The maximum Gasteiger partial charge on any atom is 0.128 e. The molecule has 0 bridgehead atoms. The second-order valence-electron chi connectivity index (χ2n) is 6.85. The molecule has 0 unspecified atom stereocenters. The zero-order valence-corrected chi connectivity index (χ0v) is 13.3. The van der Waals surface area contributed by atoms with Gasteiger partial charge in [0.15, 0.2) is 0 Å². The van der Waals surface area contributed by atoms with Crippen molar-refractivity contribution in [2.75, 3.05) is 6.54 Å². The summed E-state index contributed by atoms with van der Waals surface area (Å²) in [5.74, 6) is 1.91. The van der Waals surface area contributed by atoms with Gasteiger partial charge in [-0.2, -0.15) is 0 Å². The van der Waals surface area contributed by atoms with Crippen LogP contribution >= 0.6 is 0 Å². The number of aryl methyl sites for hydroxylation is 1. The van der Waals surface area contributed by atoms with E-state index in [4.69, 9.17) is 4.98 Å². The Morgan fingerprint density at radius 2 is 2.00 bits per heavy atom. The average molecular weight is 293 g/mol. The van der Waals surface area contributed by atoms with Crippen molar-refractivity contribution < 1.29 is 0 Å². The molecule has 0 amide bonds. The van der Waals surface area contributed by atoms with Crippen molar-refractivity contribution in [3.05, 3.63) is 58.7 Å². The second kappa shape index (κ2) is 5.81. The lowest BCUT2D eigenvalue weighted by Crippen LogP contribution is -2.31. The van der Waals surface area contributed by atoms with Gasteiger partial charge in [-0.25, -0.2) is 9.97 Å². The first-order valence-corrected chi connectivity index (χ1v) is 8.38.